The maximum atomic E-state index is 13.6. The van der Waals surface area contributed by atoms with Crippen LogP contribution < -0.4 is 10.0 Å². The first kappa shape index (κ1) is 13.9. The number of nitrogens with zero attached hydrogens (tertiary/aromatic N) is 1. The van der Waals surface area contributed by atoms with E-state index in [1.165, 1.54) is 0 Å². The van der Waals surface area contributed by atoms with Gasteiger partial charge >= 0.3 is 0 Å². The van der Waals surface area contributed by atoms with E-state index in [1.54, 1.807) is 0 Å². The van der Waals surface area contributed by atoms with Crippen LogP contribution in [0.2, 0.25) is 0 Å². The zero-order chi connectivity index (χ0) is 14.2. The second-order valence-electron chi connectivity index (χ2n) is 4.50. The number of nitrogens with two attached hydrogens (primary N) is 1. The highest BCUT2D eigenvalue weighted by atomic mass is 32.2. The van der Waals surface area contributed by atoms with Gasteiger partial charge < -0.3 is 4.90 Å². The second-order valence-corrected chi connectivity index (χ2v) is 6.16. The van der Waals surface area contributed by atoms with Gasteiger partial charge in [-0.15, -0.1) is 0 Å². The first-order chi connectivity index (χ1) is 8.76. The Morgan fingerprint density at radius 3 is 2.68 bits per heavy atom. The number of halogens is 2. The average Bonchev–Trinajstić information content (AvgIpc) is 2.60. The first-order valence-corrected chi connectivity index (χ1v) is 7.23. The van der Waals surface area contributed by atoms with Gasteiger partial charge in [0.25, 0.3) is 0 Å². The third-order valence-electron chi connectivity index (χ3n) is 2.87. The second kappa shape index (κ2) is 4.86. The number of rotatable bonds is 3. The standard InChI is InChI=1S/C11H12F2N2O3S/c12-8-1-2-9(13)10(4-8)15-5-7(3-11(15)16)6-19(14,17)18/h1-2,4,7H,3,5-6H2,(H2,14,17,18). The van der Waals surface area contributed by atoms with Crippen molar-refractivity contribution in [2.45, 2.75) is 6.42 Å². The average molecular weight is 290 g/mol. The van der Waals surface area contributed by atoms with Gasteiger partial charge in [-0.05, 0) is 12.1 Å². The van der Waals surface area contributed by atoms with Crippen LogP contribution >= 0.6 is 0 Å². The van der Waals surface area contributed by atoms with Crippen LogP contribution in [0.1, 0.15) is 6.42 Å². The highest BCUT2D eigenvalue weighted by Crippen LogP contribution is 2.28. The fraction of sp³-hybridized carbons (Fsp3) is 0.364. The van der Waals surface area contributed by atoms with E-state index in [2.05, 4.69) is 0 Å². The quantitative estimate of drug-likeness (QED) is 0.885. The Kier molecular flexibility index (Phi) is 3.55. The van der Waals surface area contributed by atoms with Crippen LogP contribution in [0.3, 0.4) is 0 Å². The summed E-state index contributed by atoms with van der Waals surface area (Å²) in [6, 6.07) is 2.78. The van der Waals surface area contributed by atoms with Crippen LogP contribution in [-0.2, 0) is 14.8 Å². The number of anilines is 1. The van der Waals surface area contributed by atoms with Gasteiger partial charge in [0.05, 0.1) is 11.4 Å². The van der Waals surface area contributed by atoms with Gasteiger partial charge in [-0.3, -0.25) is 4.79 Å². The topological polar surface area (TPSA) is 80.5 Å². The van der Waals surface area contributed by atoms with Crippen LogP contribution in [0.15, 0.2) is 18.2 Å². The molecule has 1 heterocycles. The third-order valence-corrected chi connectivity index (χ3v) is 3.81. The monoisotopic (exact) mass is 290 g/mol. The summed E-state index contributed by atoms with van der Waals surface area (Å²) in [4.78, 5) is 12.8. The number of carbonyl (C=O) groups excluding carboxylic acids is 1. The molecule has 1 aliphatic rings. The van der Waals surface area contributed by atoms with Crippen LogP contribution in [0, 0.1) is 17.6 Å². The minimum absolute atomic E-state index is 0.00956. The zero-order valence-electron chi connectivity index (χ0n) is 9.84. The van der Waals surface area contributed by atoms with E-state index >= 15 is 0 Å². The molecule has 2 rings (SSSR count). The largest absolute Gasteiger partial charge is 0.309 e. The summed E-state index contributed by atoms with van der Waals surface area (Å²) in [5, 5.41) is 4.91. The van der Waals surface area contributed by atoms with Crippen LogP contribution in [0.5, 0.6) is 0 Å². The highest BCUT2D eigenvalue weighted by molar-refractivity contribution is 7.89. The van der Waals surface area contributed by atoms with E-state index in [0.29, 0.717) is 0 Å². The van der Waals surface area contributed by atoms with Crippen LogP contribution in [0.4, 0.5) is 14.5 Å². The molecule has 1 unspecified atom stereocenters. The molecule has 0 saturated carbocycles. The fourth-order valence-corrected chi connectivity index (χ4v) is 3.03. The summed E-state index contributed by atoms with van der Waals surface area (Å²) in [5.74, 6) is -2.71. The molecule has 0 radical (unpaired) electrons. The number of hydrogen-bond acceptors (Lipinski definition) is 3. The van der Waals surface area contributed by atoms with E-state index in [0.717, 1.165) is 23.1 Å². The van der Waals surface area contributed by atoms with Crippen molar-refractivity contribution >= 4 is 21.6 Å². The Bertz CT molecular complexity index is 618. The molecule has 1 aliphatic heterocycles. The maximum absolute atomic E-state index is 13.6. The van der Waals surface area contributed by atoms with Crippen LogP contribution in [-0.4, -0.2) is 26.6 Å². The van der Waals surface area contributed by atoms with Gasteiger partial charge in [-0.1, -0.05) is 0 Å². The number of sulfonamides is 1. The Morgan fingerprint density at radius 2 is 2.05 bits per heavy atom. The molecule has 1 fully saturated rings. The molecule has 0 aliphatic carbocycles. The van der Waals surface area contributed by atoms with Gasteiger partial charge in [0.15, 0.2) is 0 Å². The number of benzene rings is 1. The van der Waals surface area contributed by atoms with Gasteiger partial charge in [0.1, 0.15) is 11.6 Å². The molecule has 1 atom stereocenters. The summed E-state index contributed by atoms with van der Waals surface area (Å²) >= 11 is 0. The number of carbonyl (C=O) groups is 1. The van der Waals surface area contributed by atoms with Crippen molar-refractivity contribution in [3.8, 4) is 0 Å². The molecular formula is C11H12F2N2O3S. The molecular weight excluding hydrogens is 278 g/mol. The number of amides is 1. The molecule has 5 nitrogen and oxygen atoms in total. The molecule has 0 aromatic heterocycles. The van der Waals surface area contributed by atoms with Crippen molar-refractivity contribution in [2.24, 2.45) is 11.1 Å². The van der Waals surface area contributed by atoms with Gasteiger partial charge in [-0.2, -0.15) is 0 Å². The lowest BCUT2D eigenvalue weighted by Gasteiger charge is -2.17. The van der Waals surface area contributed by atoms with Crippen molar-refractivity contribution < 1.29 is 22.0 Å². The van der Waals surface area contributed by atoms with Crippen molar-refractivity contribution in [1.29, 1.82) is 0 Å². The summed E-state index contributed by atoms with van der Waals surface area (Å²) in [6.07, 6.45) is -0.0492. The van der Waals surface area contributed by atoms with Crippen molar-refractivity contribution in [2.75, 3.05) is 17.2 Å². The Morgan fingerprint density at radius 1 is 1.37 bits per heavy atom. The predicted octanol–water partition coefficient (Wildman–Crippen LogP) is 0.606. The van der Waals surface area contributed by atoms with Gasteiger partial charge in [-0.25, -0.2) is 22.3 Å². The molecule has 2 N–H and O–H groups in total. The molecule has 0 bridgehead atoms. The molecule has 1 aromatic rings. The zero-order valence-corrected chi connectivity index (χ0v) is 10.7. The smallest absolute Gasteiger partial charge is 0.227 e. The lowest BCUT2D eigenvalue weighted by molar-refractivity contribution is -0.117. The molecule has 1 saturated heterocycles. The van der Waals surface area contributed by atoms with Crippen LogP contribution in [0.25, 0.3) is 0 Å². The number of primary sulfonamides is 1. The van der Waals surface area contributed by atoms with E-state index in [4.69, 9.17) is 5.14 Å². The Hall–Kier alpha value is -1.54. The van der Waals surface area contributed by atoms with Crippen molar-refractivity contribution in [1.82, 2.24) is 0 Å². The lowest BCUT2D eigenvalue weighted by atomic mass is 10.1. The minimum atomic E-state index is -3.70. The Balaban J connectivity index is 2.23. The van der Waals surface area contributed by atoms with Crippen molar-refractivity contribution in [3.63, 3.8) is 0 Å². The fourth-order valence-electron chi connectivity index (χ4n) is 2.15. The minimum Gasteiger partial charge on any atom is -0.309 e. The van der Waals surface area contributed by atoms with E-state index in [-0.39, 0.29) is 24.4 Å². The van der Waals surface area contributed by atoms with E-state index in [9.17, 15) is 22.0 Å². The first-order valence-electron chi connectivity index (χ1n) is 5.52. The van der Waals surface area contributed by atoms with E-state index in [1.807, 2.05) is 0 Å². The third kappa shape index (κ3) is 3.27. The van der Waals surface area contributed by atoms with Gasteiger partial charge in [0.2, 0.25) is 15.9 Å². The summed E-state index contributed by atoms with van der Waals surface area (Å²) in [7, 11) is -3.70. The SMILES string of the molecule is NS(=O)(=O)CC1CC(=O)N(c2cc(F)ccc2F)C1. The molecule has 1 aromatic carbocycles. The molecule has 104 valence electrons. The molecule has 1 amide bonds. The molecule has 8 heteroatoms. The Labute approximate surface area is 109 Å². The van der Waals surface area contributed by atoms with E-state index < -0.39 is 33.5 Å². The maximum Gasteiger partial charge on any atom is 0.227 e. The molecule has 19 heavy (non-hydrogen) atoms. The highest BCUT2D eigenvalue weighted by Gasteiger charge is 2.34. The van der Waals surface area contributed by atoms with Gasteiger partial charge in [0, 0.05) is 24.9 Å². The summed E-state index contributed by atoms with van der Waals surface area (Å²) in [6.45, 7) is 0.00956. The lowest BCUT2D eigenvalue weighted by Crippen LogP contribution is -2.28. The number of hydrogen-bond donors (Lipinski definition) is 1. The van der Waals surface area contributed by atoms with Crippen molar-refractivity contribution in [3.05, 3.63) is 29.8 Å². The molecule has 0 spiro atoms. The normalized spacial score (nSPS) is 20.1. The summed E-state index contributed by atoms with van der Waals surface area (Å²) in [5.41, 5.74) is -0.179. The summed E-state index contributed by atoms with van der Waals surface area (Å²) < 4.78 is 48.6. The predicted molar refractivity (Wildman–Crippen MR) is 64.8 cm³/mol.